The minimum Gasteiger partial charge on any atom is -0.338 e. The molecule has 0 bridgehead atoms. The Hall–Kier alpha value is -1.52. The summed E-state index contributed by atoms with van der Waals surface area (Å²) in [7, 11) is 0. The number of carbonyl (C=O) groups excluding carboxylic acids is 1. The molecule has 1 amide bonds. The average Bonchev–Trinajstić information content (AvgIpc) is 2.67. The van der Waals surface area contributed by atoms with Crippen molar-refractivity contribution in [2.45, 2.75) is 6.92 Å². The summed E-state index contributed by atoms with van der Waals surface area (Å²) in [4.78, 5) is 11.9. The minimum absolute atomic E-state index is 0.267. The molecule has 4 nitrogen and oxygen atoms in total. The maximum absolute atomic E-state index is 11.9. The van der Waals surface area contributed by atoms with Crippen molar-refractivity contribution in [2.24, 2.45) is 0 Å². The van der Waals surface area contributed by atoms with E-state index in [0.717, 1.165) is 0 Å². The maximum Gasteiger partial charge on any atom is 0.259 e. The maximum atomic E-state index is 11.9. The molecule has 0 saturated heterocycles. The van der Waals surface area contributed by atoms with Crippen LogP contribution in [0.4, 0.5) is 5.88 Å². The molecule has 0 aliphatic rings. The van der Waals surface area contributed by atoms with Gasteiger partial charge in [-0.2, -0.15) is 0 Å². The normalized spacial score (nSPS) is 10.3. The van der Waals surface area contributed by atoms with Gasteiger partial charge >= 0.3 is 0 Å². The fraction of sp³-hybridized carbons (Fsp3) is 0.0909. The van der Waals surface area contributed by atoms with Gasteiger partial charge in [-0.15, -0.1) is 0 Å². The van der Waals surface area contributed by atoms with Crippen molar-refractivity contribution in [3.63, 3.8) is 0 Å². The van der Waals surface area contributed by atoms with Gasteiger partial charge < -0.3 is 4.52 Å². The number of rotatable bonds is 2. The molecule has 2 aromatic rings. The number of benzene rings is 1. The lowest BCUT2D eigenvalue weighted by molar-refractivity contribution is 0.102. The van der Waals surface area contributed by atoms with Crippen molar-refractivity contribution in [3.8, 4) is 0 Å². The van der Waals surface area contributed by atoms with Crippen molar-refractivity contribution in [1.29, 1.82) is 0 Å². The van der Waals surface area contributed by atoms with E-state index >= 15 is 0 Å². The molecule has 1 aromatic heterocycles. The van der Waals surface area contributed by atoms with Gasteiger partial charge in [0.2, 0.25) is 5.88 Å². The van der Waals surface area contributed by atoms with E-state index in [0.29, 0.717) is 15.7 Å². The summed E-state index contributed by atoms with van der Waals surface area (Å²) in [5.41, 5.74) is 0.964. The molecule has 6 heteroatoms. The number of halogens is 2. The molecule has 88 valence electrons. The Bertz CT molecular complexity index is 566. The number of carbonyl (C=O) groups is 1. The van der Waals surface area contributed by atoms with Crippen LogP contribution in [0, 0.1) is 6.92 Å². The van der Waals surface area contributed by atoms with E-state index in [9.17, 15) is 4.79 Å². The zero-order valence-electron chi connectivity index (χ0n) is 8.83. The molecule has 0 spiro atoms. The van der Waals surface area contributed by atoms with Crippen LogP contribution in [0.15, 0.2) is 28.8 Å². The number of nitrogens with zero attached hydrogens (tertiary/aromatic N) is 1. The highest BCUT2D eigenvalue weighted by molar-refractivity contribution is 6.36. The van der Waals surface area contributed by atoms with Gasteiger partial charge in [0.05, 0.1) is 16.3 Å². The third-order valence-electron chi connectivity index (χ3n) is 2.04. The van der Waals surface area contributed by atoms with E-state index in [1.54, 1.807) is 25.1 Å². The van der Waals surface area contributed by atoms with Crippen molar-refractivity contribution in [2.75, 3.05) is 5.32 Å². The molecule has 1 N–H and O–H groups in total. The first-order valence-electron chi connectivity index (χ1n) is 4.76. The Morgan fingerprint density at radius 1 is 1.35 bits per heavy atom. The van der Waals surface area contributed by atoms with E-state index in [1.165, 1.54) is 6.07 Å². The molecule has 1 aromatic carbocycles. The average molecular weight is 271 g/mol. The largest absolute Gasteiger partial charge is 0.338 e. The summed E-state index contributed by atoms with van der Waals surface area (Å²) in [6, 6.07) is 6.27. The van der Waals surface area contributed by atoms with Crippen LogP contribution in [0.1, 0.15) is 16.1 Å². The van der Waals surface area contributed by atoms with Crippen molar-refractivity contribution in [3.05, 3.63) is 45.6 Å². The number of hydrogen-bond donors (Lipinski definition) is 1. The lowest BCUT2D eigenvalue weighted by Crippen LogP contribution is -2.11. The first-order valence-corrected chi connectivity index (χ1v) is 5.51. The second-order valence-electron chi connectivity index (χ2n) is 3.41. The summed E-state index contributed by atoms with van der Waals surface area (Å²) in [5.74, 6) is -0.128. The Morgan fingerprint density at radius 3 is 2.76 bits per heavy atom. The Kier molecular flexibility index (Phi) is 3.36. The highest BCUT2D eigenvalue weighted by atomic mass is 35.5. The van der Waals surface area contributed by atoms with Crippen LogP contribution in [-0.2, 0) is 0 Å². The smallest absolute Gasteiger partial charge is 0.259 e. The zero-order chi connectivity index (χ0) is 12.4. The topological polar surface area (TPSA) is 55.1 Å². The number of anilines is 1. The second-order valence-corrected chi connectivity index (χ2v) is 4.25. The molecular weight excluding hydrogens is 263 g/mol. The molecular formula is C11H8Cl2N2O2. The molecule has 17 heavy (non-hydrogen) atoms. The van der Waals surface area contributed by atoms with Crippen LogP contribution in [0.5, 0.6) is 0 Å². The molecule has 0 aliphatic carbocycles. The van der Waals surface area contributed by atoms with Crippen molar-refractivity contribution < 1.29 is 9.32 Å². The van der Waals surface area contributed by atoms with Gasteiger partial charge in [-0.05, 0) is 25.1 Å². The Morgan fingerprint density at radius 2 is 2.12 bits per heavy atom. The fourth-order valence-corrected chi connectivity index (χ4v) is 1.65. The number of aromatic nitrogens is 1. The second kappa shape index (κ2) is 4.77. The first kappa shape index (κ1) is 12.0. The van der Waals surface area contributed by atoms with E-state index in [-0.39, 0.29) is 11.4 Å². The highest BCUT2D eigenvalue weighted by Crippen LogP contribution is 2.21. The van der Waals surface area contributed by atoms with Gasteiger partial charge in [-0.3, -0.25) is 10.1 Å². The predicted octanol–water partition coefficient (Wildman–Crippen LogP) is 3.54. The lowest BCUT2D eigenvalue weighted by Gasteiger charge is -2.03. The van der Waals surface area contributed by atoms with E-state index in [2.05, 4.69) is 10.5 Å². The SMILES string of the molecule is Cc1cc(NC(=O)c2cc(Cl)ccc2Cl)on1. The summed E-state index contributed by atoms with van der Waals surface area (Å²) in [6.45, 7) is 1.76. The standard InChI is InChI=1S/C11H8Cl2N2O2/c1-6-4-10(17-15-6)14-11(16)8-5-7(12)2-3-9(8)13/h2-5H,1H3,(H,14,16). The quantitative estimate of drug-likeness (QED) is 0.908. The van der Waals surface area contributed by atoms with Crippen LogP contribution in [0.2, 0.25) is 10.0 Å². The first-order chi connectivity index (χ1) is 8.06. The number of aryl methyl sites for hydroxylation is 1. The highest BCUT2D eigenvalue weighted by Gasteiger charge is 2.13. The monoisotopic (exact) mass is 270 g/mol. The Labute approximate surface area is 108 Å². The summed E-state index contributed by atoms with van der Waals surface area (Å²) >= 11 is 11.7. The molecule has 2 rings (SSSR count). The molecule has 0 aliphatic heterocycles. The molecule has 0 atom stereocenters. The van der Waals surface area contributed by atoms with Gasteiger partial charge in [0, 0.05) is 11.1 Å². The summed E-state index contributed by atoms with van der Waals surface area (Å²) in [5, 5.41) is 6.95. The Balaban J connectivity index is 2.22. The molecule has 0 radical (unpaired) electrons. The number of nitrogens with one attached hydrogen (secondary N) is 1. The number of hydrogen-bond acceptors (Lipinski definition) is 3. The summed E-state index contributed by atoms with van der Waals surface area (Å²) in [6.07, 6.45) is 0. The van der Waals surface area contributed by atoms with Crippen LogP contribution in [0.25, 0.3) is 0 Å². The lowest BCUT2D eigenvalue weighted by atomic mass is 10.2. The van der Waals surface area contributed by atoms with Crippen LogP contribution in [0.3, 0.4) is 0 Å². The van der Waals surface area contributed by atoms with Crippen LogP contribution < -0.4 is 5.32 Å². The van der Waals surface area contributed by atoms with Crippen LogP contribution >= 0.6 is 23.2 Å². The minimum atomic E-state index is -0.395. The molecule has 0 fully saturated rings. The zero-order valence-corrected chi connectivity index (χ0v) is 10.3. The molecule has 0 unspecified atom stereocenters. The predicted molar refractivity (Wildman–Crippen MR) is 65.7 cm³/mol. The van der Waals surface area contributed by atoms with Crippen LogP contribution in [-0.4, -0.2) is 11.1 Å². The van der Waals surface area contributed by atoms with Gasteiger partial charge in [0.15, 0.2) is 0 Å². The van der Waals surface area contributed by atoms with Gasteiger partial charge in [0.25, 0.3) is 5.91 Å². The summed E-state index contributed by atoms with van der Waals surface area (Å²) < 4.78 is 4.87. The third-order valence-corrected chi connectivity index (χ3v) is 2.60. The van der Waals surface area contributed by atoms with E-state index < -0.39 is 5.91 Å². The third kappa shape index (κ3) is 2.78. The fourth-order valence-electron chi connectivity index (χ4n) is 1.27. The van der Waals surface area contributed by atoms with Crippen molar-refractivity contribution in [1.82, 2.24) is 5.16 Å². The van der Waals surface area contributed by atoms with Gasteiger partial charge in [-0.25, -0.2) is 0 Å². The van der Waals surface area contributed by atoms with Gasteiger partial charge in [0.1, 0.15) is 0 Å². The van der Waals surface area contributed by atoms with E-state index in [1.807, 2.05) is 0 Å². The van der Waals surface area contributed by atoms with Gasteiger partial charge in [-0.1, -0.05) is 28.4 Å². The molecule has 0 saturated carbocycles. The van der Waals surface area contributed by atoms with E-state index in [4.69, 9.17) is 27.7 Å². The number of amides is 1. The molecule has 1 heterocycles. The van der Waals surface area contributed by atoms with Crippen molar-refractivity contribution >= 4 is 35.0 Å².